The molecule has 2 amide bonds. The van der Waals surface area contributed by atoms with Gasteiger partial charge >= 0.3 is 0 Å². The number of halogens is 1. The van der Waals surface area contributed by atoms with E-state index in [2.05, 4.69) is 11.4 Å². The molecular weight excluding hydrogens is 386 g/mol. The van der Waals surface area contributed by atoms with Crippen LogP contribution >= 0.6 is 22.9 Å². The Morgan fingerprint density at radius 3 is 2.74 bits per heavy atom. The van der Waals surface area contributed by atoms with Crippen LogP contribution in [-0.4, -0.2) is 36.9 Å². The van der Waals surface area contributed by atoms with Crippen LogP contribution in [0.15, 0.2) is 29.6 Å². The van der Waals surface area contributed by atoms with E-state index in [1.54, 1.807) is 34.5 Å². The van der Waals surface area contributed by atoms with Gasteiger partial charge in [0.05, 0.1) is 18.2 Å². The minimum absolute atomic E-state index is 0.110. The molecule has 0 radical (unpaired) electrons. The maximum absolute atomic E-state index is 12.8. The van der Waals surface area contributed by atoms with E-state index in [9.17, 15) is 9.59 Å². The van der Waals surface area contributed by atoms with Crippen molar-refractivity contribution in [2.45, 2.75) is 12.8 Å². The van der Waals surface area contributed by atoms with Gasteiger partial charge in [-0.15, -0.1) is 11.3 Å². The zero-order valence-electron chi connectivity index (χ0n) is 14.7. The van der Waals surface area contributed by atoms with E-state index in [4.69, 9.17) is 21.6 Å². The molecule has 1 N–H and O–H groups in total. The lowest BCUT2D eigenvalue weighted by Crippen LogP contribution is -2.41. The summed E-state index contributed by atoms with van der Waals surface area (Å²) in [6, 6.07) is 8.68. The zero-order valence-corrected chi connectivity index (χ0v) is 16.3. The Labute approximate surface area is 166 Å². The third-order valence-electron chi connectivity index (χ3n) is 4.57. The van der Waals surface area contributed by atoms with Gasteiger partial charge in [0.2, 0.25) is 5.91 Å². The van der Waals surface area contributed by atoms with Crippen LogP contribution in [0.4, 0.5) is 5.00 Å². The summed E-state index contributed by atoms with van der Waals surface area (Å²) < 4.78 is 5.26. The lowest BCUT2D eigenvalue weighted by molar-refractivity contribution is -0.121. The second kappa shape index (κ2) is 8.42. The predicted octanol–water partition coefficient (Wildman–Crippen LogP) is 3.77. The van der Waals surface area contributed by atoms with Crippen LogP contribution < -0.4 is 10.1 Å². The molecule has 0 bridgehead atoms. The highest BCUT2D eigenvalue weighted by Crippen LogP contribution is 2.28. The van der Waals surface area contributed by atoms with Crippen molar-refractivity contribution in [3.8, 4) is 11.8 Å². The normalized spacial score (nSPS) is 14.5. The number of nitrogens with zero attached hydrogens (tertiary/aromatic N) is 2. The van der Waals surface area contributed by atoms with E-state index in [0.717, 1.165) is 0 Å². The molecule has 1 aliphatic rings. The van der Waals surface area contributed by atoms with Gasteiger partial charge in [0.15, 0.2) is 0 Å². The van der Waals surface area contributed by atoms with Gasteiger partial charge < -0.3 is 15.0 Å². The van der Waals surface area contributed by atoms with Crippen LogP contribution in [0.3, 0.4) is 0 Å². The fourth-order valence-corrected chi connectivity index (χ4v) is 3.98. The van der Waals surface area contributed by atoms with Crippen LogP contribution in [0.2, 0.25) is 5.02 Å². The molecule has 27 heavy (non-hydrogen) atoms. The first kappa shape index (κ1) is 19.2. The molecule has 0 spiro atoms. The third-order valence-corrected chi connectivity index (χ3v) is 5.63. The molecule has 140 valence electrons. The van der Waals surface area contributed by atoms with Crippen molar-refractivity contribution in [1.82, 2.24) is 4.90 Å². The van der Waals surface area contributed by atoms with Crippen molar-refractivity contribution in [2.24, 2.45) is 5.92 Å². The Kier molecular flexibility index (Phi) is 5.99. The number of thiophene rings is 1. The number of anilines is 1. The highest BCUT2D eigenvalue weighted by Gasteiger charge is 2.29. The van der Waals surface area contributed by atoms with Gasteiger partial charge in [-0.05, 0) is 42.5 Å². The number of carbonyl (C=O) groups excluding carboxylic acids is 2. The number of amides is 2. The first-order valence-electron chi connectivity index (χ1n) is 8.44. The number of benzene rings is 1. The van der Waals surface area contributed by atoms with E-state index in [0.29, 0.717) is 52.8 Å². The first-order valence-corrected chi connectivity index (χ1v) is 9.70. The highest BCUT2D eigenvalue weighted by atomic mass is 35.5. The number of nitriles is 1. The van der Waals surface area contributed by atoms with Crippen molar-refractivity contribution in [3.63, 3.8) is 0 Å². The molecule has 8 heteroatoms. The Hall–Kier alpha value is -2.56. The number of piperidine rings is 1. The summed E-state index contributed by atoms with van der Waals surface area (Å²) in [4.78, 5) is 27.0. The summed E-state index contributed by atoms with van der Waals surface area (Å²) in [5, 5.41) is 14.7. The van der Waals surface area contributed by atoms with Gasteiger partial charge in [0, 0.05) is 24.0 Å². The Morgan fingerprint density at radius 1 is 1.33 bits per heavy atom. The molecule has 0 atom stereocenters. The molecule has 6 nitrogen and oxygen atoms in total. The van der Waals surface area contributed by atoms with E-state index in [-0.39, 0.29) is 17.7 Å². The largest absolute Gasteiger partial charge is 0.496 e. The first-order chi connectivity index (χ1) is 13.0. The maximum Gasteiger partial charge on any atom is 0.257 e. The van der Waals surface area contributed by atoms with Crippen molar-refractivity contribution in [3.05, 3.63) is 45.8 Å². The van der Waals surface area contributed by atoms with Crippen molar-refractivity contribution < 1.29 is 14.3 Å². The summed E-state index contributed by atoms with van der Waals surface area (Å²) in [5.41, 5.74) is 0.888. The van der Waals surface area contributed by atoms with Crippen molar-refractivity contribution >= 4 is 39.8 Å². The summed E-state index contributed by atoms with van der Waals surface area (Å²) in [7, 11) is 1.51. The van der Waals surface area contributed by atoms with Crippen molar-refractivity contribution in [2.75, 3.05) is 25.5 Å². The fraction of sp³-hybridized carbons (Fsp3) is 0.316. The second-order valence-corrected chi connectivity index (χ2v) is 7.53. The van der Waals surface area contributed by atoms with Gasteiger partial charge in [-0.25, -0.2) is 0 Å². The monoisotopic (exact) mass is 403 g/mol. The number of carbonyl (C=O) groups is 2. The summed E-state index contributed by atoms with van der Waals surface area (Å²) in [6.07, 6.45) is 1.13. The molecule has 0 aliphatic carbocycles. The number of likely N-dealkylation sites (tertiary alicyclic amines) is 1. The van der Waals surface area contributed by atoms with Crippen LogP contribution in [0.1, 0.15) is 28.8 Å². The number of methoxy groups -OCH3 is 1. The molecule has 0 saturated carbocycles. The molecule has 0 unspecified atom stereocenters. The number of nitrogens with one attached hydrogen (secondary N) is 1. The van der Waals surface area contributed by atoms with Crippen LogP contribution in [-0.2, 0) is 4.79 Å². The molecule has 2 aromatic rings. The van der Waals surface area contributed by atoms with Crippen LogP contribution in [0, 0.1) is 17.2 Å². The van der Waals surface area contributed by atoms with Gasteiger partial charge in [-0.3, -0.25) is 9.59 Å². The quantitative estimate of drug-likeness (QED) is 0.842. The van der Waals surface area contributed by atoms with E-state index in [1.807, 2.05) is 0 Å². The lowest BCUT2D eigenvalue weighted by Gasteiger charge is -2.31. The SMILES string of the molecule is COc1ccc(Cl)cc1C(=O)N1CCC(C(=O)Nc2sccc2C#N)CC1. The predicted molar refractivity (Wildman–Crippen MR) is 104 cm³/mol. The summed E-state index contributed by atoms with van der Waals surface area (Å²) in [5.74, 6) is 0.0227. The molecule has 1 aromatic carbocycles. The van der Waals surface area contributed by atoms with Crippen LogP contribution in [0.5, 0.6) is 5.75 Å². The zero-order chi connectivity index (χ0) is 19.4. The Bertz CT molecular complexity index is 898. The third kappa shape index (κ3) is 4.24. The maximum atomic E-state index is 12.8. The van der Waals surface area contributed by atoms with Gasteiger partial charge in [-0.2, -0.15) is 5.26 Å². The van der Waals surface area contributed by atoms with E-state index in [1.165, 1.54) is 18.4 Å². The van der Waals surface area contributed by atoms with Gasteiger partial charge in [0.1, 0.15) is 16.8 Å². The average Bonchev–Trinajstić information content (AvgIpc) is 3.14. The molecule has 1 aliphatic heterocycles. The highest BCUT2D eigenvalue weighted by molar-refractivity contribution is 7.14. The molecule has 1 fully saturated rings. The standard InChI is InChI=1S/C19H18ClN3O3S/c1-26-16-3-2-14(20)10-15(16)19(25)23-7-4-12(5-8-23)17(24)22-18-13(11-21)6-9-27-18/h2-3,6,9-10,12H,4-5,7-8H2,1H3,(H,22,24). The van der Waals surface area contributed by atoms with E-state index < -0.39 is 0 Å². The number of hydrogen-bond acceptors (Lipinski definition) is 5. The molecule has 1 saturated heterocycles. The second-order valence-electron chi connectivity index (χ2n) is 6.18. The minimum atomic E-state index is -0.191. The van der Waals surface area contributed by atoms with Crippen molar-refractivity contribution in [1.29, 1.82) is 5.26 Å². The topological polar surface area (TPSA) is 82.4 Å². The van der Waals surface area contributed by atoms with E-state index >= 15 is 0 Å². The minimum Gasteiger partial charge on any atom is -0.496 e. The number of ether oxygens (including phenoxy) is 1. The Balaban J connectivity index is 1.62. The van der Waals surface area contributed by atoms with Gasteiger partial charge in [0.25, 0.3) is 5.91 Å². The summed E-state index contributed by atoms with van der Waals surface area (Å²) >= 11 is 7.34. The summed E-state index contributed by atoms with van der Waals surface area (Å²) in [6.45, 7) is 0.949. The average molecular weight is 404 g/mol. The van der Waals surface area contributed by atoms with Gasteiger partial charge in [-0.1, -0.05) is 11.6 Å². The van der Waals surface area contributed by atoms with Crippen LogP contribution in [0.25, 0.3) is 0 Å². The number of rotatable bonds is 4. The smallest absolute Gasteiger partial charge is 0.257 e. The molecule has 2 heterocycles. The fourth-order valence-electron chi connectivity index (χ4n) is 3.07. The lowest BCUT2D eigenvalue weighted by atomic mass is 9.95. The molecule has 3 rings (SSSR count). The Morgan fingerprint density at radius 2 is 2.07 bits per heavy atom. The number of hydrogen-bond donors (Lipinski definition) is 1. The molecule has 1 aromatic heterocycles. The molecular formula is C19H18ClN3O3S.